The van der Waals surface area contributed by atoms with E-state index in [0.29, 0.717) is 30.3 Å². The van der Waals surface area contributed by atoms with Crippen molar-refractivity contribution in [2.45, 2.75) is 77.2 Å². The summed E-state index contributed by atoms with van der Waals surface area (Å²) in [6.07, 6.45) is 8.71. The second kappa shape index (κ2) is 12.1. The van der Waals surface area contributed by atoms with Crippen LogP contribution >= 0.6 is 0 Å². The van der Waals surface area contributed by atoms with Crippen molar-refractivity contribution in [3.05, 3.63) is 52.1 Å². The van der Waals surface area contributed by atoms with Crippen molar-refractivity contribution in [2.75, 3.05) is 26.5 Å². The molecule has 2 unspecified atom stereocenters. The zero-order valence-electron chi connectivity index (χ0n) is 24.9. The normalized spacial score (nSPS) is 18.5. The molecule has 41 heavy (non-hydrogen) atoms. The minimum Gasteiger partial charge on any atom is -0.494 e. The highest BCUT2D eigenvalue weighted by Crippen LogP contribution is 2.46. The van der Waals surface area contributed by atoms with Crippen molar-refractivity contribution in [1.29, 1.82) is 0 Å². The molecule has 2 aliphatic rings. The van der Waals surface area contributed by atoms with Crippen molar-refractivity contribution in [1.82, 2.24) is 19.3 Å². The van der Waals surface area contributed by atoms with Gasteiger partial charge in [0, 0.05) is 19.5 Å². The van der Waals surface area contributed by atoms with E-state index in [1.165, 1.54) is 25.5 Å². The molecule has 0 saturated heterocycles. The first-order valence-electron chi connectivity index (χ1n) is 14.7. The summed E-state index contributed by atoms with van der Waals surface area (Å²) >= 11 is 0. The quantitative estimate of drug-likeness (QED) is 0.303. The SMILES string of the molecule is CCOC(=O)CC(c1cc(OC)c2c(c1)nnn2C)c1ccc(C)c2c1CCC2N(CC1CCCCC1)S(C)(=O)=O. The molecule has 9 nitrogen and oxygen atoms in total. The number of carbonyl (C=O) groups is 1. The fraction of sp³-hybridized carbons (Fsp3) is 0.581. The fourth-order valence-corrected chi connectivity index (χ4v) is 8.18. The van der Waals surface area contributed by atoms with Crippen LogP contribution in [-0.2, 0) is 33.0 Å². The molecule has 0 N–H and O–H groups in total. The number of esters is 1. The first-order valence-corrected chi connectivity index (χ1v) is 16.6. The molecule has 1 aromatic heterocycles. The Hall–Kier alpha value is -2.98. The van der Waals surface area contributed by atoms with Gasteiger partial charge in [0.1, 0.15) is 16.8 Å². The molecule has 0 amide bonds. The van der Waals surface area contributed by atoms with Gasteiger partial charge in [0.2, 0.25) is 10.0 Å². The lowest BCUT2D eigenvalue weighted by atomic mass is 9.83. The molecule has 0 aliphatic heterocycles. The number of aromatic nitrogens is 3. The second-order valence-corrected chi connectivity index (χ2v) is 13.6. The summed E-state index contributed by atoms with van der Waals surface area (Å²) in [6.45, 7) is 4.74. The maximum Gasteiger partial charge on any atom is 0.306 e. The zero-order valence-corrected chi connectivity index (χ0v) is 25.7. The summed E-state index contributed by atoms with van der Waals surface area (Å²) < 4.78 is 41.0. The van der Waals surface area contributed by atoms with Gasteiger partial charge in [-0.15, -0.1) is 5.10 Å². The van der Waals surface area contributed by atoms with Gasteiger partial charge in [0.05, 0.1) is 32.4 Å². The molecule has 1 saturated carbocycles. The molecule has 0 radical (unpaired) electrons. The number of rotatable bonds is 10. The summed E-state index contributed by atoms with van der Waals surface area (Å²) in [5.41, 5.74) is 6.70. The van der Waals surface area contributed by atoms with Crippen molar-refractivity contribution < 1.29 is 22.7 Å². The summed E-state index contributed by atoms with van der Waals surface area (Å²) in [7, 11) is 0.0135. The molecular formula is C31H42N4O5S. The predicted molar refractivity (Wildman–Crippen MR) is 159 cm³/mol. The minimum atomic E-state index is -3.42. The molecule has 1 heterocycles. The van der Waals surface area contributed by atoms with E-state index in [-0.39, 0.29) is 24.3 Å². The summed E-state index contributed by atoms with van der Waals surface area (Å²) in [5, 5.41) is 8.50. The Morgan fingerprint density at radius 2 is 1.93 bits per heavy atom. The van der Waals surface area contributed by atoms with Crippen molar-refractivity contribution in [3.8, 4) is 5.75 Å². The summed E-state index contributed by atoms with van der Waals surface area (Å²) in [5.74, 6) is 0.437. The third-order valence-electron chi connectivity index (χ3n) is 8.91. The number of nitrogens with zero attached hydrogens (tertiary/aromatic N) is 4. The van der Waals surface area contributed by atoms with E-state index in [0.717, 1.165) is 59.0 Å². The average Bonchev–Trinajstić information content (AvgIpc) is 3.55. The first-order chi connectivity index (χ1) is 19.6. The highest BCUT2D eigenvalue weighted by molar-refractivity contribution is 7.88. The van der Waals surface area contributed by atoms with E-state index < -0.39 is 10.0 Å². The zero-order chi connectivity index (χ0) is 29.3. The molecule has 2 aromatic carbocycles. The van der Waals surface area contributed by atoms with Gasteiger partial charge in [-0.1, -0.05) is 36.6 Å². The largest absolute Gasteiger partial charge is 0.494 e. The van der Waals surface area contributed by atoms with Crippen LogP contribution in [-0.4, -0.2) is 60.2 Å². The molecule has 10 heteroatoms. The van der Waals surface area contributed by atoms with E-state index in [9.17, 15) is 13.2 Å². The average molecular weight is 583 g/mol. The second-order valence-electron chi connectivity index (χ2n) is 11.6. The molecule has 2 aliphatic carbocycles. The molecule has 1 fully saturated rings. The van der Waals surface area contributed by atoms with Crippen LogP contribution in [0.4, 0.5) is 0 Å². The number of aryl methyl sites for hydroxylation is 2. The number of hydrogen-bond acceptors (Lipinski definition) is 7. The van der Waals surface area contributed by atoms with Gasteiger partial charge in [-0.3, -0.25) is 4.79 Å². The highest BCUT2D eigenvalue weighted by Gasteiger charge is 2.38. The molecule has 2 atom stereocenters. The lowest BCUT2D eigenvalue weighted by molar-refractivity contribution is -0.143. The molecule has 0 bridgehead atoms. The predicted octanol–water partition coefficient (Wildman–Crippen LogP) is 5.20. The number of sulfonamides is 1. The Balaban J connectivity index is 1.60. The van der Waals surface area contributed by atoms with Crippen LogP contribution in [0.25, 0.3) is 11.0 Å². The maximum absolute atomic E-state index is 13.2. The molecular weight excluding hydrogens is 540 g/mol. The van der Waals surface area contributed by atoms with Crippen LogP contribution < -0.4 is 4.74 Å². The van der Waals surface area contributed by atoms with Crippen LogP contribution in [0.3, 0.4) is 0 Å². The molecule has 5 rings (SSSR count). The smallest absolute Gasteiger partial charge is 0.306 e. The minimum absolute atomic E-state index is 0.154. The Morgan fingerprint density at radius 3 is 2.61 bits per heavy atom. The number of fused-ring (bicyclic) bond motifs is 2. The number of ether oxygens (including phenoxy) is 2. The Kier molecular flexibility index (Phi) is 8.70. The van der Waals surface area contributed by atoms with E-state index >= 15 is 0 Å². The lowest BCUT2D eigenvalue weighted by Crippen LogP contribution is -2.38. The van der Waals surface area contributed by atoms with Crippen LogP contribution in [0.5, 0.6) is 5.75 Å². The Morgan fingerprint density at radius 1 is 1.17 bits per heavy atom. The van der Waals surface area contributed by atoms with Gasteiger partial charge in [-0.05, 0) is 85.4 Å². The number of benzene rings is 2. The number of hydrogen-bond donors (Lipinski definition) is 0. The standard InChI is InChI=1S/C31H42N4O5S/c1-6-40-29(36)18-25(22-16-26-31(28(17-22)39-4)34(3)33-32-26)23-13-12-20(2)30-24(23)14-15-27(30)35(41(5,37)38)19-21-10-8-7-9-11-21/h12-13,16-17,21,25,27H,6-11,14-15,18-19H2,1-5H3. The van der Waals surface area contributed by atoms with Crippen molar-refractivity contribution >= 4 is 27.0 Å². The van der Waals surface area contributed by atoms with Gasteiger partial charge in [0.15, 0.2) is 0 Å². The van der Waals surface area contributed by atoms with Gasteiger partial charge < -0.3 is 9.47 Å². The summed E-state index contributed by atoms with van der Waals surface area (Å²) in [6, 6.07) is 7.89. The lowest BCUT2D eigenvalue weighted by Gasteiger charge is -2.33. The van der Waals surface area contributed by atoms with E-state index in [4.69, 9.17) is 9.47 Å². The molecule has 3 aromatic rings. The van der Waals surface area contributed by atoms with Crippen LogP contribution in [0, 0.1) is 12.8 Å². The van der Waals surface area contributed by atoms with Crippen molar-refractivity contribution in [2.24, 2.45) is 13.0 Å². The van der Waals surface area contributed by atoms with Gasteiger partial charge in [0.25, 0.3) is 0 Å². The van der Waals surface area contributed by atoms with E-state index in [1.807, 2.05) is 26.1 Å². The molecule has 0 spiro atoms. The number of methoxy groups -OCH3 is 1. The molecule has 222 valence electrons. The van der Waals surface area contributed by atoms with Crippen molar-refractivity contribution in [3.63, 3.8) is 0 Å². The van der Waals surface area contributed by atoms with E-state index in [2.05, 4.69) is 29.4 Å². The third kappa shape index (κ3) is 6.00. The fourth-order valence-electron chi connectivity index (χ4n) is 7.03. The number of carbonyl (C=O) groups excluding carboxylic acids is 1. The Bertz CT molecular complexity index is 1530. The van der Waals surface area contributed by atoms with Crippen LogP contribution in [0.1, 0.15) is 91.6 Å². The topological polar surface area (TPSA) is 104 Å². The highest BCUT2D eigenvalue weighted by atomic mass is 32.2. The van der Waals surface area contributed by atoms with E-state index in [1.54, 1.807) is 16.1 Å². The third-order valence-corrected chi connectivity index (χ3v) is 10.2. The van der Waals surface area contributed by atoms with Gasteiger partial charge in [-0.2, -0.15) is 4.31 Å². The van der Waals surface area contributed by atoms with Crippen LogP contribution in [0.15, 0.2) is 24.3 Å². The Labute approximate surface area is 243 Å². The first kappa shape index (κ1) is 29.5. The van der Waals surface area contributed by atoms with Gasteiger partial charge >= 0.3 is 5.97 Å². The maximum atomic E-state index is 13.2. The van der Waals surface area contributed by atoms with Crippen LogP contribution in [0.2, 0.25) is 0 Å². The van der Waals surface area contributed by atoms with Gasteiger partial charge in [-0.25, -0.2) is 13.1 Å². The summed E-state index contributed by atoms with van der Waals surface area (Å²) in [4.78, 5) is 12.9. The monoisotopic (exact) mass is 582 g/mol.